The number of aliphatic hydroxyl groups excluding tert-OH is 3. The smallest absolute Gasteiger partial charge is 0.270 e. The number of hydrogen-bond acceptors (Lipinski definition) is 7. The van der Waals surface area contributed by atoms with Crippen LogP contribution in [-0.2, 0) is 4.74 Å². The molecule has 1 unspecified atom stereocenters. The average Bonchev–Trinajstić information content (AvgIpc) is 2.94. The van der Waals surface area contributed by atoms with E-state index in [0.717, 1.165) is 0 Å². The van der Waals surface area contributed by atoms with E-state index in [1.54, 1.807) is 0 Å². The molecule has 2 heterocycles. The van der Waals surface area contributed by atoms with Gasteiger partial charge in [-0.2, -0.15) is 0 Å². The Morgan fingerprint density at radius 2 is 2.25 bits per heavy atom. The zero-order valence-electron chi connectivity index (χ0n) is 10.8. The van der Waals surface area contributed by atoms with E-state index in [9.17, 15) is 15.0 Å². The fraction of sp³-hybridized carbons (Fsp3) is 0.636. The van der Waals surface area contributed by atoms with Gasteiger partial charge in [-0.15, -0.1) is 11.8 Å². The van der Waals surface area contributed by atoms with Gasteiger partial charge in [0.25, 0.3) is 5.91 Å². The van der Waals surface area contributed by atoms with Crippen molar-refractivity contribution in [1.29, 1.82) is 0 Å². The first kappa shape index (κ1) is 15.3. The van der Waals surface area contributed by atoms with Crippen LogP contribution >= 0.6 is 11.8 Å². The Morgan fingerprint density at radius 3 is 2.75 bits per heavy atom. The number of thioether (sulfide) groups is 1. The minimum absolute atomic E-state index is 0.0922. The highest BCUT2D eigenvalue weighted by Crippen LogP contribution is 2.34. The maximum atomic E-state index is 11.3. The Morgan fingerprint density at radius 1 is 1.55 bits per heavy atom. The van der Waals surface area contributed by atoms with Crippen molar-refractivity contribution in [2.45, 2.75) is 36.5 Å². The molecule has 2 rings (SSSR count). The number of hydrogen-bond donors (Lipinski definition) is 4. The van der Waals surface area contributed by atoms with Gasteiger partial charge >= 0.3 is 0 Å². The summed E-state index contributed by atoms with van der Waals surface area (Å²) in [5, 5.41) is 29.3. The lowest BCUT2D eigenvalue weighted by Crippen LogP contribution is -2.33. The fourth-order valence-electron chi connectivity index (χ4n) is 2.09. The molecule has 1 aromatic heterocycles. The van der Waals surface area contributed by atoms with Gasteiger partial charge < -0.3 is 25.8 Å². The number of ether oxygens (including phenoxy) is 1. The lowest BCUT2D eigenvalue weighted by Gasteiger charge is -2.18. The van der Waals surface area contributed by atoms with Crippen LogP contribution in [-0.4, -0.2) is 61.4 Å². The highest BCUT2D eigenvalue weighted by molar-refractivity contribution is 7.99. The highest BCUT2D eigenvalue weighted by Gasteiger charge is 2.44. The van der Waals surface area contributed by atoms with Crippen LogP contribution in [0.15, 0.2) is 11.4 Å². The van der Waals surface area contributed by atoms with E-state index in [0.29, 0.717) is 10.8 Å². The second kappa shape index (κ2) is 6.10. The summed E-state index contributed by atoms with van der Waals surface area (Å²) in [6.07, 6.45) is -2.90. The molecular formula is C11H17N3O5S. The van der Waals surface area contributed by atoms with Crippen LogP contribution in [0.5, 0.6) is 0 Å². The number of aliphatic hydroxyl groups is 3. The van der Waals surface area contributed by atoms with Crippen molar-refractivity contribution in [2.24, 2.45) is 5.73 Å². The number of aromatic nitrogens is 2. The number of primary amides is 1. The fourth-order valence-corrected chi connectivity index (χ4v) is 2.95. The summed E-state index contributed by atoms with van der Waals surface area (Å²) in [5.74, 6) is -0.00716. The van der Waals surface area contributed by atoms with Gasteiger partial charge in [0.1, 0.15) is 23.3 Å². The van der Waals surface area contributed by atoms with Crippen LogP contribution in [0.2, 0.25) is 0 Å². The molecule has 0 aliphatic carbocycles. The number of rotatable bonds is 5. The molecule has 20 heavy (non-hydrogen) atoms. The highest BCUT2D eigenvalue weighted by atomic mass is 32.2. The van der Waals surface area contributed by atoms with E-state index in [2.05, 4.69) is 4.98 Å². The summed E-state index contributed by atoms with van der Waals surface area (Å²) in [6.45, 7) is 1.48. The summed E-state index contributed by atoms with van der Waals surface area (Å²) in [4.78, 5) is 15.3. The molecule has 0 spiro atoms. The molecule has 9 heteroatoms. The van der Waals surface area contributed by atoms with Crippen molar-refractivity contribution >= 4 is 17.7 Å². The Labute approximate surface area is 119 Å². The SMILES string of the molecule is CCSc1c(C(N)=O)ncn1C1O[C@H](CO)[C@@H](O)[C@H]1O. The maximum Gasteiger partial charge on any atom is 0.270 e. The zero-order valence-corrected chi connectivity index (χ0v) is 11.7. The van der Waals surface area contributed by atoms with Crippen molar-refractivity contribution in [2.75, 3.05) is 12.4 Å². The quantitative estimate of drug-likeness (QED) is 0.497. The van der Waals surface area contributed by atoms with Gasteiger partial charge in [0.15, 0.2) is 11.9 Å². The molecule has 5 N–H and O–H groups in total. The summed E-state index contributed by atoms with van der Waals surface area (Å²) >= 11 is 1.33. The third-order valence-electron chi connectivity index (χ3n) is 3.05. The number of carbonyl (C=O) groups is 1. The molecule has 1 fully saturated rings. The van der Waals surface area contributed by atoms with Crippen LogP contribution < -0.4 is 5.73 Å². The van der Waals surface area contributed by atoms with Gasteiger partial charge in [0, 0.05) is 0 Å². The molecule has 1 aliphatic heterocycles. The lowest BCUT2D eigenvalue weighted by atomic mass is 10.1. The van der Waals surface area contributed by atoms with Crippen LogP contribution in [0.25, 0.3) is 0 Å². The summed E-state index contributed by atoms with van der Waals surface area (Å²) in [7, 11) is 0. The molecule has 0 saturated carbocycles. The van der Waals surface area contributed by atoms with E-state index in [1.165, 1.54) is 22.7 Å². The molecule has 1 amide bonds. The lowest BCUT2D eigenvalue weighted by molar-refractivity contribution is -0.0563. The third-order valence-corrected chi connectivity index (χ3v) is 4.02. The molecule has 1 aliphatic rings. The van der Waals surface area contributed by atoms with Crippen LogP contribution in [0.1, 0.15) is 23.6 Å². The topological polar surface area (TPSA) is 131 Å². The van der Waals surface area contributed by atoms with Gasteiger partial charge in [-0.1, -0.05) is 6.92 Å². The molecule has 4 atom stereocenters. The Hall–Kier alpha value is -1.13. The number of nitrogens with zero attached hydrogens (tertiary/aromatic N) is 2. The number of imidazole rings is 1. The Bertz CT molecular complexity index is 494. The Kier molecular flexibility index (Phi) is 4.66. The monoisotopic (exact) mass is 303 g/mol. The number of amides is 1. The van der Waals surface area contributed by atoms with Crippen molar-refractivity contribution in [1.82, 2.24) is 9.55 Å². The van der Waals surface area contributed by atoms with Gasteiger partial charge in [0.2, 0.25) is 0 Å². The first-order valence-electron chi connectivity index (χ1n) is 6.13. The summed E-state index contributed by atoms with van der Waals surface area (Å²) in [6, 6.07) is 0. The molecule has 1 aromatic rings. The molecular weight excluding hydrogens is 286 g/mol. The predicted molar refractivity (Wildman–Crippen MR) is 70.2 cm³/mol. The van der Waals surface area contributed by atoms with Crippen LogP contribution in [0.4, 0.5) is 0 Å². The molecule has 1 saturated heterocycles. The maximum absolute atomic E-state index is 11.3. The van der Waals surface area contributed by atoms with Crippen molar-refractivity contribution in [3.05, 3.63) is 12.0 Å². The second-order valence-corrected chi connectivity index (χ2v) is 5.58. The Balaban J connectivity index is 2.35. The van der Waals surface area contributed by atoms with Gasteiger partial charge in [-0.3, -0.25) is 9.36 Å². The first-order valence-corrected chi connectivity index (χ1v) is 7.11. The van der Waals surface area contributed by atoms with Gasteiger partial charge in [-0.05, 0) is 5.75 Å². The average molecular weight is 303 g/mol. The van der Waals surface area contributed by atoms with Crippen molar-refractivity contribution in [3.8, 4) is 0 Å². The van der Waals surface area contributed by atoms with E-state index in [-0.39, 0.29) is 5.69 Å². The van der Waals surface area contributed by atoms with E-state index < -0.39 is 37.1 Å². The summed E-state index contributed by atoms with van der Waals surface area (Å²) in [5.41, 5.74) is 5.34. The molecule has 0 aromatic carbocycles. The van der Waals surface area contributed by atoms with E-state index >= 15 is 0 Å². The number of nitrogens with two attached hydrogens (primary N) is 1. The predicted octanol–water partition coefficient (Wildman–Crippen LogP) is -1.29. The van der Waals surface area contributed by atoms with E-state index in [1.807, 2.05) is 6.92 Å². The van der Waals surface area contributed by atoms with Gasteiger partial charge in [-0.25, -0.2) is 4.98 Å². The van der Waals surface area contributed by atoms with Crippen LogP contribution in [0, 0.1) is 0 Å². The number of carbonyl (C=O) groups excluding carboxylic acids is 1. The zero-order chi connectivity index (χ0) is 14.9. The van der Waals surface area contributed by atoms with Crippen molar-refractivity contribution in [3.63, 3.8) is 0 Å². The molecule has 0 bridgehead atoms. The van der Waals surface area contributed by atoms with E-state index in [4.69, 9.17) is 15.6 Å². The van der Waals surface area contributed by atoms with Gasteiger partial charge in [0.05, 0.1) is 12.9 Å². The standard InChI is InChI=1S/C11H17N3O5S/c1-2-20-11-6(9(12)18)13-4-14(11)10-8(17)7(16)5(3-15)19-10/h4-5,7-8,10,15-17H,2-3H2,1H3,(H2,12,18)/t5-,7-,8-,10?/m1/s1. The minimum Gasteiger partial charge on any atom is -0.394 e. The molecule has 112 valence electrons. The molecule has 0 radical (unpaired) electrons. The first-order chi connectivity index (χ1) is 9.51. The summed E-state index contributed by atoms with van der Waals surface area (Å²) < 4.78 is 6.86. The van der Waals surface area contributed by atoms with Crippen molar-refractivity contribution < 1.29 is 24.9 Å². The third kappa shape index (κ3) is 2.54. The van der Waals surface area contributed by atoms with Crippen LogP contribution in [0.3, 0.4) is 0 Å². The largest absolute Gasteiger partial charge is 0.394 e. The normalized spacial score (nSPS) is 29.8. The molecule has 8 nitrogen and oxygen atoms in total. The second-order valence-electron chi connectivity index (χ2n) is 4.33. The minimum atomic E-state index is -1.22.